The Morgan fingerprint density at radius 3 is 2.19 bits per heavy atom. The van der Waals surface area contributed by atoms with Gasteiger partial charge in [0.05, 0.1) is 16.9 Å². The Hall–Kier alpha value is -1.74. The predicted octanol–water partition coefficient (Wildman–Crippen LogP) is 5.77. The van der Waals surface area contributed by atoms with Crippen LogP contribution in [-0.4, -0.2) is 4.98 Å². The maximum Gasteiger partial charge on any atom is 0.310 e. The molecule has 10 heteroatoms. The molecule has 0 atom stereocenters. The zero-order valence-corrected chi connectivity index (χ0v) is 11.6. The first-order valence-electron chi connectivity index (χ1n) is 5.28. The second-order valence-electron chi connectivity index (χ2n) is 4.09. The van der Waals surface area contributed by atoms with Gasteiger partial charge in [-0.15, -0.1) is 0 Å². The van der Waals surface area contributed by atoms with Crippen LogP contribution in [0, 0.1) is 0 Å². The van der Waals surface area contributed by atoms with Crippen molar-refractivity contribution in [3.63, 3.8) is 0 Å². The lowest BCUT2D eigenvalue weighted by Gasteiger charge is -2.40. The van der Waals surface area contributed by atoms with E-state index < -0.39 is 20.1 Å². The van der Waals surface area contributed by atoms with Crippen LogP contribution >= 0.6 is 21.8 Å². The molecule has 0 fully saturated rings. The van der Waals surface area contributed by atoms with Crippen molar-refractivity contribution in [3.05, 3.63) is 41.6 Å². The zero-order chi connectivity index (χ0) is 16.0. The van der Waals surface area contributed by atoms with Crippen molar-refractivity contribution < 1.29 is 24.2 Å². The second kappa shape index (κ2) is 4.14. The van der Waals surface area contributed by atoms with Gasteiger partial charge in [-0.25, -0.2) is 4.98 Å². The molecule has 0 aliphatic rings. The molecule has 0 aliphatic heterocycles. The summed E-state index contributed by atoms with van der Waals surface area (Å²) >= 11 is 5.55. The molecular formula is C11H8ClF5N2OS. The summed E-state index contributed by atoms with van der Waals surface area (Å²) in [5, 5.41) is -0.612. The molecule has 0 spiro atoms. The molecule has 1 heterocycles. The highest BCUT2D eigenvalue weighted by molar-refractivity contribution is 8.45. The van der Waals surface area contributed by atoms with Crippen molar-refractivity contribution in [3.8, 4) is 11.6 Å². The molecule has 0 bridgehead atoms. The number of benzene rings is 1. The molecule has 0 saturated carbocycles. The van der Waals surface area contributed by atoms with Crippen molar-refractivity contribution in [2.24, 2.45) is 0 Å². The highest BCUT2D eigenvalue weighted by Crippen LogP contribution is 3.02. The molecule has 0 saturated heterocycles. The molecular weight excluding hydrogens is 339 g/mol. The van der Waals surface area contributed by atoms with E-state index in [1.807, 2.05) is 0 Å². The summed E-state index contributed by atoms with van der Waals surface area (Å²) in [6, 6.07) is 3.83. The quantitative estimate of drug-likeness (QED) is 0.718. The number of nitrogens with two attached hydrogens (primary N) is 1. The molecule has 1 aromatic heterocycles. The standard InChI is InChI=1S/C11H8ClF5N2OS/c12-9-5-8(21(13,14,15,16)17)2-3-10(9)20-11-4-1-7(18)6-19-11/h1-6H,18H2. The average molecular weight is 347 g/mol. The molecule has 21 heavy (non-hydrogen) atoms. The van der Waals surface area contributed by atoms with Gasteiger partial charge in [-0.05, 0) is 24.3 Å². The Morgan fingerprint density at radius 1 is 1.05 bits per heavy atom. The van der Waals surface area contributed by atoms with E-state index in [0.717, 1.165) is 0 Å². The molecule has 0 amide bonds. The minimum absolute atomic E-state index is 0.00573. The minimum atomic E-state index is -9.77. The van der Waals surface area contributed by atoms with Gasteiger partial charge in [0, 0.05) is 6.07 Å². The molecule has 0 unspecified atom stereocenters. The van der Waals surface area contributed by atoms with Crippen molar-refractivity contribution in [1.29, 1.82) is 0 Å². The SMILES string of the molecule is Nc1ccc(Oc2ccc(S(F)(F)(F)(F)F)cc2Cl)nc1. The normalized spacial score (nSPS) is 15.1. The summed E-state index contributed by atoms with van der Waals surface area (Å²) in [5.41, 5.74) is 5.75. The first kappa shape index (κ1) is 15.6. The number of pyridine rings is 1. The third kappa shape index (κ3) is 3.88. The van der Waals surface area contributed by atoms with Crippen LogP contribution in [0.25, 0.3) is 0 Å². The van der Waals surface area contributed by atoms with Crippen molar-refractivity contribution in [2.75, 3.05) is 5.73 Å². The second-order valence-corrected chi connectivity index (χ2v) is 6.91. The van der Waals surface area contributed by atoms with E-state index in [9.17, 15) is 19.4 Å². The zero-order valence-electron chi connectivity index (χ0n) is 10.1. The fourth-order valence-electron chi connectivity index (χ4n) is 1.37. The number of hydrogen-bond donors (Lipinski definition) is 1. The van der Waals surface area contributed by atoms with Crippen LogP contribution in [0.3, 0.4) is 0 Å². The van der Waals surface area contributed by atoms with Crippen molar-refractivity contribution in [2.45, 2.75) is 4.90 Å². The number of nitrogens with zero attached hydrogens (tertiary/aromatic N) is 1. The van der Waals surface area contributed by atoms with Crippen LogP contribution in [0.2, 0.25) is 5.02 Å². The molecule has 2 rings (SSSR count). The fraction of sp³-hybridized carbons (Fsp3) is 0. The minimum Gasteiger partial charge on any atom is -0.437 e. The Kier molecular flexibility index (Phi) is 3.08. The van der Waals surface area contributed by atoms with E-state index in [-0.39, 0.29) is 23.8 Å². The van der Waals surface area contributed by atoms with Crippen LogP contribution < -0.4 is 10.5 Å². The van der Waals surface area contributed by atoms with Crippen LogP contribution in [0.15, 0.2) is 41.4 Å². The van der Waals surface area contributed by atoms with Gasteiger partial charge in [0.2, 0.25) is 5.88 Å². The summed E-state index contributed by atoms with van der Waals surface area (Å²) in [6.07, 6.45) is 1.26. The first-order chi connectivity index (χ1) is 9.35. The highest BCUT2D eigenvalue weighted by atomic mass is 35.5. The Labute approximate surface area is 121 Å². The Bertz CT molecular complexity index is 690. The van der Waals surface area contributed by atoms with Gasteiger partial charge in [-0.1, -0.05) is 31.0 Å². The number of nitrogen functional groups attached to an aromatic ring is 1. The summed E-state index contributed by atoms with van der Waals surface area (Å²) in [5.74, 6) is -0.231. The number of aromatic nitrogens is 1. The molecule has 2 aromatic rings. The number of ether oxygens (including phenoxy) is 1. The smallest absolute Gasteiger partial charge is 0.310 e. The number of halogens is 6. The van der Waals surface area contributed by atoms with E-state index >= 15 is 0 Å². The van der Waals surface area contributed by atoms with Crippen molar-refractivity contribution >= 4 is 27.5 Å². The first-order valence-corrected chi connectivity index (χ1v) is 7.61. The number of anilines is 1. The van der Waals surface area contributed by atoms with Crippen LogP contribution in [0.5, 0.6) is 11.6 Å². The Balaban J connectivity index is 2.35. The van der Waals surface area contributed by atoms with E-state index in [0.29, 0.717) is 11.8 Å². The van der Waals surface area contributed by atoms with Crippen LogP contribution in [0.1, 0.15) is 0 Å². The van der Waals surface area contributed by atoms with Crippen molar-refractivity contribution in [1.82, 2.24) is 4.98 Å². The van der Waals surface area contributed by atoms with Gasteiger partial charge < -0.3 is 10.5 Å². The largest absolute Gasteiger partial charge is 0.437 e. The maximum absolute atomic E-state index is 12.6. The molecule has 0 aliphatic carbocycles. The highest BCUT2D eigenvalue weighted by Gasteiger charge is 2.65. The lowest BCUT2D eigenvalue weighted by Crippen LogP contribution is -2.06. The van der Waals surface area contributed by atoms with Gasteiger partial charge >= 0.3 is 10.2 Å². The van der Waals surface area contributed by atoms with E-state index in [2.05, 4.69) is 4.98 Å². The third-order valence-corrected chi connectivity index (χ3v) is 3.76. The predicted molar refractivity (Wildman–Crippen MR) is 71.6 cm³/mol. The lowest BCUT2D eigenvalue weighted by molar-refractivity contribution is 0.363. The monoisotopic (exact) mass is 346 g/mol. The lowest BCUT2D eigenvalue weighted by atomic mass is 10.3. The van der Waals surface area contributed by atoms with E-state index in [1.54, 1.807) is 0 Å². The summed E-state index contributed by atoms with van der Waals surface area (Å²) in [7, 11) is -9.77. The fourth-order valence-corrected chi connectivity index (χ4v) is 2.32. The summed E-state index contributed by atoms with van der Waals surface area (Å²) < 4.78 is 68.1. The topological polar surface area (TPSA) is 48.1 Å². The Morgan fingerprint density at radius 2 is 1.71 bits per heavy atom. The van der Waals surface area contributed by atoms with Gasteiger partial charge in [0.25, 0.3) is 0 Å². The van der Waals surface area contributed by atoms with Crippen LogP contribution in [-0.2, 0) is 0 Å². The van der Waals surface area contributed by atoms with Gasteiger partial charge in [0.1, 0.15) is 10.6 Å². The number of rotatable bonds is 3. The number of hydrogen-bond acceptors (Lipinski definition) is 3. The third-order valence-electron chi connectivity index (χ3n) is 2.32. The van der Waals surface area contributed by atoms with Gasteiger partial charge in [-0.3, -0.25) is 0 Å². The molecule has 2 N–H and O–H groups in total. The summed E-state index contributed by atoms with van der Waals surface area (Å²) in [6.45, 7) is 0. The van der Waals surface area contributed by atoms with E-state index in [1.165, 1.54) is 18.3 Å². The molecule has 116 valence electrons. The molecule has 1 aromatic carbocycles. The molecule has 3 nitrogen and oxygen atoms in total. The van der Waals surface area contributed by atoms with Gasteiger partial charge in [0.15, 0.2) is 0 Å². The van der Waals surface area contributed by atoms with Crippen LogP contribution in [0.4, 0.5) is 25.1 Å². The molecule has 0 radical (unpaired) electrons. The average Bonchev–Trinajstić information content (AvgIpc) is 2.31. The maximum atomic E-state index is 12.6. The van der Waals surface area contributed by atoms with Gasteiger partial charge in [-0.2, -0.15) is 0 Å². The van der Waals surface area contributed by atoms with E-state index in [4.69, 9.17) is 22.1 Å². The summed E-state index contributed by atoms with van der Waals surface area (Å²) in [4.78, 5) is 1.66.